The average Bonchev–Trinajstić information content (AvgIpc) is 2.84. The monoisotopic (exact) mass is 506 g/mol. The second-order valence-electron chi connectivity index (χ2n) is 8.10. The zero-order valence-electron chi connectivity index (χ0n) is 17.9. The highest BCUT2D eigenvalue weighted by molar-refractivity contribution is 4.94. The Kier molecular flexibility index (Phi) is 11.4. The minimum Gasteiger partial charge on any atom is -0.394 e. The first-order chi connectivity index (χ1) is 16.0. The first-order valence-corrected chi connectivity index (χ1v) is 10.5. The lowest BCUT2D eigenvalue weighted by molar-refractivity contribution is -0.377. The molecule has 0 saturated carbocycles. The molecule has 14 atom stereocenters. The summed E-state index contributed by atoms with van der Waals surface area (Å²) in [6, 6.07) is 0. The Balaban J connectivity index is 2.32. The zero-order chi connectivity index (χ0) is 25.7. The molecular formula is C18H34O16. The van der Waals surface area contributed by atoms with Crippen LogP contribution in [0.3, 0.4) is 0 Å². The van der Waals surface area contributed by atoms with Gasteiger partial charge in [-0.1, -0.05) is 0 Å². The number of hydrogen-bond acceptors (Lipinski definition) is 16. The molecule has 0 aliphatic carbocycles. The van der Waals surface area contributed by atoms with Gasteiger partial charge in [-0.3, -0.25) is 0 Å². The van der Waals surface area contributed by atoms with E-state index in [0.29, 0.717) is 0 Å². The molecule has 2 saturated heterocycles. The Labute approximate surface area is 193 Å². The van der Waals surface area contributed by atoms with Gasteiger partial charge in [-0.25, -0.2) is 0 Å². The minimum absolute atomic E-state index is 0.792. The van der Waals surface area contributed by atoms with Crippen LogP contribution in [-0.2, 0) is 18.9 Å². The van der Waals surface area contributed by atoms with E-state index in [4.69, 9.17) is 24.1 Å². The summed E-state index contributed by atoms with van der Waals surface area (Å²) in [5, 5.41) is 118. The summed E-state index contributed by atoms with van der Waals surface area (Å²) in [6.07, 6.45) is -25.1. The van der Waals surface area contributed by atoms with Gasteiger partial charge in [-0.2, -0.15) is 0 Å². The van der Waals surface area contributed by atoms with E-state index in [0.717, 1.165) is 0 Å². The van der Waals surface area contributed by atoms with Crippen molar-refractivity contribution < 1.29 is 80.2 Å². The largest absolute Gasteiger partial charge is 0.394 e. The maximum atomic E-state index is 10.6. The van der Waals surface area contributed by atoms with Gasteiger partial charge in [0, 0.05) is 0 Å². The molecule has 0 amide bonds. The van der Waals surface area contributed by atoms with E-state index in [2.05, 4.69) is 0 Å². The molecule has 34 heavy (non-hydrogen) atoms. The third-order valence-corrected chi connectivity index (χ3v) is 5.74. The lowest BCUT2D eigenvalue weighted by Gasteiger charge is -2.47. The fourth-order valence-electron chi connectivity index (χ4n) is 3.63. The molecule has 2 fully saturated rings. The van der Waals surface area contributed by atoms with Gasteiger partial charge < -0.3 is 80.2 Å². The van der Waals surface area contributed by atoms with Gasteiger partial charge in [0.1, 0.15) is 73.2 Å². The number of hydrogen-bond donors (Lipinski definition) is 12. The quantitative estimate of drug-likeness (QED) is 0.124. The van der Waals surface area contributed by atoms with Crippen LogP contribution in [0.2, 0.25) is 0 Å². The molecule has 0 unspecified atom stereocenters. The van der Waals surface area contributed by atoms with Crippen LogP contribution in [0.25, 0.3) is 0 Å². The Morgan fingerprint density at radius 3 is 1.62 bits per heavy atom. The van der Waals surface area contributed by atoms with Crippen molar-refractivity contribution in [1.82, 2.24) is 0 Å². The molecule has 2 rings (SSSR count). The molecule has 2 heterocycles. The predicted molar refractivity (Wildman–Crippen MR) is 103 cm³/mol. The molecule has 0 aromatic rings. The highest BCUT2D eigenvalue weighted by atomic mass is 16.8. The Hall–Kier alpha value is -0.640. The standard InChI is InChI=1S/C18H34O16/c19-1-5(23)9(25)15(6(24)2-20)33-18-16(13(29)11(27)8(4-22)32-18)34-17-14(30)12(28)10(26)7(3-21)31-17/h5-30H,1-4H2/t5-,6+,7-,8-,9+,10-,11-,12+,13+,14+,15-,16+,17-,18-/m1/s1. The Morgan fingerprint density at radius 2 is 1.12 bits per heavy atom. The van der Waals surface area contributed by atoms with E-state index < -0.39 is 112 Å². The summed E-state index contributed by atoms with van der Waals surface area (Å²) in [5.74, 6) is 0. The lowest BCUT2D eigenvalue weighted by atomic mass is 9.97. The second-order valence-corrected chi connectivity index (χ2v) is 8.10. The van der Waals surface area contributed by atoms with Crippen LogP contribution in [0.15, 0.2) is 0 Å². The molecule has 0 aromatic carbocycles. The normalized spacial score (nSPS) is 42.7. The SMILES string of the molecule is OC[C@@H](O)[C@H](O)[C@H](O[C@H]1O[C@H](CO)[C@@H](O)[C@H](O)[C@@H]1O[C@H]1O[C@H](CO)[C@@H](O)[C@H](O)[C@@H]1O)[C@@H](O)CO. The average molecular weight is 506 g/mol. The van der Waals surface area contributed by atoms with E-state index in [1.165, 1.54) is 0 Å². The lowest BCUT2D eigenvalue weighted by Crippen LogP contribution is -2.65. The van der Waals surface area contributed by atoms with Gasteiger partial charge in [0.2, 0.25) is 0 Å². The van der Waals surface area contributed by atoms with Crippen LogP contribution in [0, 0.1) is 0 Å². The summed E-state index contributed by atoms with van der Waals surface area (Å²) in [5.41, 5.74) is 0. The van der Waals surface area contributed by atoms with E-state index in [1.807, 2.05) is 0 Å². The van der Waals surface area contributed by atoms with Crippen LogP contribution < -0.4 is 0 Å². The molecule has 16 nitrogen and oxygen atoms in total. The number of rotatable bonds is 11. The van der Waals surface area contributed by atoms with Gasteiger partial charge in [0.25, 0.3) is 0 Å². The summed E-state index contributed by atoms with van der Waals surface area (Å²) in [7, 11) is 0. The highest BCUT2D eigenvalue weighted by Crippen LogP contribution is 2.31. The van der Waals surface area contributed by atoms with Crippen molar-refractivity contribution in [2.45, 2.75) is 85.8 Å². The third-order valence-electron chi connectivity index (χ3n) is 5.74. The van der Waals surface area contributed by atoms with Crippen LogP contribution >= 0.6 is 0 Å². The fraction of sp³-hybridized carbons (Fsp3) is 1.00. The van der Waals surface area contributed by atoms with Crippen LogP contribution in [0.1, 0.15) is 0 Å². The van der Waals surface area contributed by atoms with Crippen LogP contribution in [0.5, 0.6) is 0 Å². The molecule has 0 aromatic heterocycles. The van der Waals surface area contributed by atoms with Crippen LogP contribution in [-0.4, -0.2) is 174 Å². The fourth-order valence-corrected chi connectivity index (χ4v) is 3.63. The van der Waals surface area contributed by atoms with Gasteiger partial charge in [-0.05, 0) is 0 Å². The Morgan fingerprint density at radius 1 is 0.618 bits per heavy atom. The summed E-state index contributed by atoms with van der Waals surface area (Å²) in [4.78, 5) is 0. The maximum Gasteiger partial charge on any atom is 0.187 e. The van der Waals surface area contributed by atoms with Crippen molar-refractivity contribution in [3.8, 4) is 0 Å². The smallest absolute Gasteiger partial charge is 0.187 e. The van der Waals surface area contributed by atoms with Crippen molar-refractivity contribution in [2.75, 3.05) is 26.4 Å². The second kappa shape index (κ2) is 13.1. The first kappa shape index (κ1) is 29.6. The molecule has 2 aliphatic rings. The van der Waals surface area contributed by atoms with Crippen molar-refractivity contribution in [1.29, 1.82) is 0 Å². The Bertz CT molecular complexity index is 596. The molecular weight excluding hydrogens is 472 g/mol. The topological polar surface area (TPSA) is 280 Å². The van der Waals surface area contributed by atoms with E-state index in [-0.39, 0.29) is 0 Å². The van der Waals surface area contributed by atoms with E-state index in [1.54, 1.807) is 0 Å². The number of aliphatic hydroxyl groups excluding tert-OH is 12. The van der Waals surface area contributed by atoms with Gasteiger partial charge in [0.05, 0.1) is 26.4 Å². The van der Waals surface area contributed by atoms with Crippen molar-refractivity contribution in [3.63, 3.8) is 0 Å². The predicted octanol–water partition coefficient (Wildman–Crippen LogP) is -7.94. The van der Waals surface area contributed by atoms with Crippen molar-refractivity contribution >= 4 is 0 Å². The summed E-state index contributed by atoms with van der Waals surface area (Å²) < 4.78 is 21.4. The molecule has 0 bridgehead atoms. The molecule has 2 aliphatic heterocycles. The van der Waals surface area contributed by atoms with Gasteiger partial charge in [0.15, 0.2) is 12.6 Å². The van der Waals surface area contributed by atoms with Crippen molar-refractivity contribution in [2.24, 2.45) is 0 Å². The highest BCUT2D eigenvalue weighted by Gasteiger charge is 2.52. The molecule has 202 valence electrons. The molecule has 0 spiro atoms. The van der Waals surface area contributed by atoms with Crippen LogP contribution in [0.4, 0.5) is 0 Å². The molecule has 0 radical (unpaired) electrons. The summed E-state index contributed by atoms with van der Waals surface area (Å²) in [6.45, 7) is -3.57. The minimum atomic E-state index is -2.00. The van der Waals surface area contributed by atoms with Crippen molar-refractivity contribution in [3.05, 3.63) is 0 Å². The zero-order valence-corrected chi connectivity index (χ0v) is 17.9. The van der Waals surface area contributed by atoms with E-state index in [9.17, 15) is 56.2 Å². The van der Waals surface area contributed by atoms with Gasteiger partial charge >= 0.3 is 0 Å². The maximum absolute atomic E-state index is 10.6. The number of aliphatic hydroxyl groups is 12. The molecule has 12 N–H and O–H groups in total. The summed E-state index contributed by atoms with van der Waals surface area (Å²) >= 11 is 0. The molecule has 16 heteroatoms. The van der Waals surface area contributed by atoms with E-state index >= 15 is 0 Å². The van der Waals surface area contributed by atoms with Gasteiger partial charge in [-0.15, -0.1) is 0 Å². The first-order valence-electron chi connectivity index (χ1n) is 10.5. The third kappa shape index (κ3) is 6.37. The number of ether oxygens (including phenoxy) is 4.